The summed E-state index contributed by atoms with van der Waals surface area (Å²) < 4.78 is 5.09. The highest BCUT2D eigenvalue weighted by molar-refractivity contribution is 6.68. The van der Waals surface area contributed by atoms with E-state index in [1.54, 1.807) is 6.92 Å². The molecule has 0 N–H and O–H groups in total. The number of carbonyl (C=O) groups excluding carboxylic acids is 1. The molecular weight excluding hydrogens is 214 g/mol. The number of hydrogen-bond acceptors (Lipinski definition) is 3. The summed E-state index contributed by atoms with van der Waals surface area (Å²) in [6.07, 6.45) is 0. The van der Waals surface area contributed by atoms with Gasteiger partial charge < -0.3 is 4.52 Å². The van der Waals surface area contributed by atoms with Crippen LogP contribution in [0.15, 0.2) is 34.9 Å². The number of aromatic nitrogens is 1. The van der Waals surface area contributed by atoms with Gasteiger partial charge in [0.1, 0.15) is 5.56 Å². The maximum absolute atomic E-state index is 11.2. The molecule has 1 aromatic heterocycles. The Bertz CT molecular complexity index is 491. The van der Waals surface area contributed by atoms with Crippen LogP contribution in [0.25, 0.3) is 11.3 Å². The van der Waals surface area contributed by atoms with Crippen LogP contribution in [0.2, 0.25) is 0 Å². The van der Waals surface area contributed by atoms with E-state index in [9.17, 15) is 4.79 Å². The molecule has 76 valence electrons. The molecule has 1 aromatic carbocycles. The fraction of sp³-hybridized carbons (Fsp3) is 0.0909. The lowest BCUT2D eigenvalue weighted by Gasteiger charge is -1.96. The van der Waals surface area contributed by atoms with Crippen molar-refractivity contribution in [2.24, 2.45) is 0 Å². The zero-order valence-corrected chi connectivity index (χ0v) is 8.78. The Morgan fingerprint density at radius 3 is 2.60 bits per heavy atom. The van der Waals surface area contributed by atoms with Crippen molar-refractivity contribution in [3.05, 3.63) is 41.6 Å². The number of aryl methyl sites for hydroxylation is 1. The molecule has 0 saturated carbocycles. The van der Waals surface area contributed by atoms with E-state index in [-0.39, 0.29) is 0 Å². The quantitative estimate of drug-likeness (QED) is 0.732. The van der Waals surface area contributed by atoms with Crippen molar-refractivity contribution in [1.29, 1.82) is 0 Å². The van der Waals surface area contributed by atoms with E-state index in [0.29, 0.717) is 17.0 Å². The third kappa shape index (κ3) is 1.78. The summed E-state index contributed by atoms with van der Waals surface area (Å²) in [5.74, 6) is 0.424. The minimum Gasteiger partial charge on any atom is -0.355 e. The number of hydrogen-bond donors (Lipinski definition) is 0. The Balaban J connectivity index is 2.59. The second-order valence-corrected chi connectivity index (χ2v) is 3.46. The van der Waals surface area contributed by atoms with Gasteiger partial charge in [-0.15, -0.1) is 0 Å². The van der Waals surface area contributed by atoms with Gasteiger partial charge in [-0.05, 0) is 18.5 Å². The van der Waals surface area contributed by atoms with E-state index in [2.05, 4.69) is 5.16 Å². The average molecular weight is 222 g/mol. The lowest BCUT2D eigenvalue weighted by atomic mass is 10.1. The molecule has 0 amide bonds. The van der Waals surface area contributed by atoms with Crippen LogP contribution in [0.4, 0.5) is 0 Å². The molecule has 0 fully saturated rings. The predicted octanol–water partition coefficient (Wildman–Crippen LogP) is 3.03. The monoisotopic (exact) mass is 221 g/mol. The molecule has 0 aliphatic heterocycles. The molecule has 3 nitrogen and oxygen atoms in total. The fourth-order valence-electron chi connectivity index (χ4n) is 1.39. The standard InChI is InChI=1S/C11H8ClNO2/c1-7-9(11(12)14)10(15-13-7)8-5-3-2-4-6-8/h2-6H,1H3. The maximum Gasteiger partial charge on any atom is 0.258 e. The normalized spacial score (nSPS) is 10.3. The van der Waals surface area contributed by atoms with Crippen LogP contribution in [0.1, 0.15) is 16.1 Å². The van der Waals surface area contributed by atoms with Crippen molar-refractivity contribution in [2.45, 2.75) is 6.92 Å². The fourth-order valence-corrected chi connectivity index (χ4v) is 1.61. The van der Waals surface area contributed by atoms with Crippen molar-refractivity contribution in [3.8, 4) is 11.3 Å². The molecule has 0 aliphatic carbocycles. The topological polar surface area (TPSA) is 43.1 Å². The van der Waals surface area contributed by atoms with Crippen LogP contribution in [-0.2, 0) is 0 Å². The van der Waals surface area contributed by atoms with Crippen LogP contribution in [0.5, 0.6) is 0 Å². The number of carbonyl (C=O) groups is 1. The highest BCUT2D eigenvalue weighted by atomic mass is 35.5. The average Bonchev–Trinajstić information content (AvgIpc) is 2.61. The van der Waals surface area contributed by atoms with Gasteiger partial charge in [-0.1, -0.05) is 35.5 Å². The molecule has 0 aliphatic rings. The number of benzene rings is 1. The second-order valence-electron chi connectivity index (χ2n) is 3.11. The summed E-state index contributed by atoms with van der Waals surface area (Å²) in [5.41, 5.74) is 1.64. The van der Waals surface area contributed by atoms with Crippen molar-refractivity contribution >= 4 is 16.8 Å². The molecule has 15 heavy (non-hydrogen) atoms. The number of nitrogens with zero attached hydrogens (tertiary/aromatic N) is 1. The zero-order chi connectivity index (χ0) is 10.8. The van der Waals surface area contributed by atoms with Crippen LogP contribution in [-0.4, -0.2) is 10.4 Å². The molecule has 0 atom stereocenters. The molecule has 2 aromatic rings. The lowest BCUT2D eigenvalue weighted by Crippen LogP contribution is -1.92. The van der Waals surface area contributed by atoms with Gasteiger partial charge in [0.25, 0.3) is 5.24 Å². The third-order valence-corrected chi connectivity index (χ3v) is 2.28. The third-order valence-electron chi connectivity index (χ3n) is 2.10. The second kappa shape index (κ2) is 3.87. The van der Waals surface area contributed by atoms with Gasteiger partial charge in [0, 0.05) is 5.56 Å². The minimum absolute atomic E-state index is 0.336. The number of halogens is 1. The lowest BCUT2D eigenvalue weighted by molar-refractivity contribution is 0.108. The van der Waals surface area contributed by atoms with Crippen molar-refractivity contribution in [2.75, 3.05) is 0 Å². The maximum atomic E-state index is 11.2. The first-order chi connectivity index (χ1) is 7.20. The Labute approximate surface area is 91.6 Å². The Morgan fingerprint density at radius 2 is 2.00 bits per heavy atom. The zero-order valence-electron chi connectivity index (χ0n) is 8.03. The van der Waals surface area contributed by atoms with E-state index in [0.717, 1.165) is 5.56 Å². The van der Waals surface area contributed by atoms with E-state index < -0.39 is 5.24 Å². The van der Waals surface area contributed by atoms with Crippen LogP contribution in [0.3, 0.4) is 0 Å². The molecule has 1 heterocycles. The first-order valence-electron chi connectivity index (χ1n) is 4.41. The Kier molecular flexibility index (Phi) is 2.56. The summed E-state index contributed by atoms with van der Waals surface area (Å²) in [6.45, 7) is 1.69. The molecule has 2 rings (SSSR count). The van der Waals surface area contributed by atoms with Crippen LogP contribution >= 0.6 is 11.6 Å². The Morgan fingerprint density at radius 1 is 1.33 bits per heavy atom. The predicted molar refractivity (Wildman–Crippen MR) is 56.9 cm³/mol. The van der Waals surface area contributed by atoms with Gasteiger partial charge >= 0.3 is 0 Å². The summed E-state index contributed by atoms with van der Waals surface area (Å²) in [4.78, 5) is 11.2. The smallest absolute Gasteiger partial charge is 0.258 e. The molecular formula is C11H8ClNO2. The van der Waals surface area contributed by atoms with Gasteiger partial charge in [-0.25, -0.2) is 0 Å². The van der Waals surface area contributed by atoms with Crippen LogP contribution in [0, 0.1) is 6.92 Å². The summed E-state index contributed by atoms with van der Waals surface area (Å²) in [6, 6.07) is 9.27. The first kappa shape index (κ1) is 9.93. The Hall–Kier alpha value is -1.61. The number of rotatable bonds is 2. The van der Waals surface area contributed by atoms with E-state index in [1.165, 1.54) is 0 Å². The van der Waals surface area contributed by atoms with E-state index in [4.69, 9.17) is 16.1 Å². The van der Waals surface area contributed by atoms with Gasteiger partial charge in [0.2, 0.25) is 0 Å². The summed E-state index contributed by atoms with van der Waals surface area (Å²) >= 11 is 5.47. The molecule has 0 bridgehead atoms. The van der Waals surface area contributed by atoms with Crippen LogP contribution < -0.4 is 0 Å². The van der Waals surface area contributed by atoms with Crippen molar-refractivity contribution in [3.63, 3.8) is 0 Å². The molecule has 0 spiro atoms. The molecule has 0 saturated heterocycles. The van der Waals surface area contributed by atoms with Gasteiger partial charge in [0.05, 0.1) is 5.69 Å². The molecule has 0 unspecified atom stereocenters. The van der Waals surface area contributed by atoms with Crippen molar-refractivity contribution < 1.29 is 9.32 Å². The highest BCUT2D eigenvalue weighted by Crippen LogP contribution is 2.26. The largest absolute Gasteiger partial charge is 0.355 e. The molecule has 0 radical (unpaired) electrons. The molecule has 4 heteroatoms. The van der Waals surface area contributed by atoms with Gasteiger partial charge in [-0.3, -0.25) is 4.79 Å². The SMILES string of the molecule is Cc1noc(-c2ccccc2)c1C(=O)Cl. The first-order valence-corrected chi connectivity index (χ1v) is 4.79. The summed E-state index contributed by atoms with van der Waals surface area (Å²) in [7, 11) is 0. The van der Waals surface area contributed by atoms with Gasteiger partial charge in [0.15, 0.2) is 5.76 Å². The highest BCUT2D eigenvalue weighted by Gasteiger charge is 2.19. The summed E-state index contributed by atoms with van der Waals surface area (Å²) in [5, 5.41) is 3.19. The van der Waals surface area contributed by atoms with E-state index in [1.807, 2.05) is 30.3 Å². The van der Waals surface area contributed by atoms with E-state index >= 15 is 0 Å². The van der Waals surface area contributed by atoms with Gasteiger partial charge in [-0.2, -0.15) is 0 Å². The van der Waals surface area contributed by atoms with Crippen molar-refractivity contribution in [1.82, 2.24) is 5.16 Å². The minimum atomic E-state index is -0.549.